The van der Waals surface area contributed by atoms with Crippen LogP contribution in [0.3, 0.4) is 0 Å². The Morgan fingerprint density at radius 3 is 2.78 bits per heavy atom. The number of likely N-dealkylation sites (tertiary alicyclic amines) is 1. The van der Waals surface area contributed by atoms with Gasteiger partial charge in [-0.25, -0.2) is 10.1 Å². The molecule has 5 rings (SSSR count). The van der Waals surface area contributed by atoms with E-state index in [4.69, 9.17) is 14.5 Å². The van der Waals surface area contributed by atoms with Crippen LogP contribution in [0.5, 0.6) is 5.75 Å². The lowest BCUT2D eigenvalue weighted by Gasteiger charge is -2.45. The molecule has 1 amide bonds. The van der Waals surface area contributed by atoms with E-state index in [9.17, 15) is 22.8 Å². The van der Waals surface area contributed by atoms with Gasteiger partial charge in [0.25, 0.3) is 5.56 Å². The molecule has 2 N–H and O–H groups in total. The van der Waals surface area contributed by atoms with E-state index >= 15 is 0 Å². The van der Waals surface area contributed by atoms with E-state index in [1.165, 1.54) is 5.56 Å². The molecule has 3 aliphatic heterocycles. The Kier molecular flexibility index (Phi) is 8.84. The first-order chi connectivity index (χ1) is 19.6. The molecule has 2 aromatic heterocycles. The van der Waals surface area contributed by atoms with Crippen molar-refractivity contribution < 1.29 is 27.4 Å². The molecular weight excluding hydrogens is 559 g/mol. The quantitative estimate of drug-likeness (QED) is 0.348. The number of ether oxygens (including phenoxy) is 2. The summed E-state index contributed by atoms with van der Waals surface area (Å²) < 4.78 is 51.5. The van der Waals surface area contributed by atoms with Gasteiger partial charge in [0.2, 0.25) is 5.91 Å². The molecule has 0 spiro atoms. The predicted molar refractivity (Wildman–Crippen MR) is 149 cm³/mol. The number of H-pyrrole nitrogens is 1. The highest BCUT2D eigenvalue weighted by Crippen LogP contribution is 2.37. The number of aromatic nitrogens is 3. The maximum Gasteiger partial charge on any atom is 0.423 e. The molecule has 0 saturated carbocycles. The minimum Gasteiger partial charge on any atom is -0.487 e. The number of piperidine rings is 1. The Bertz CT molecular complexity index is 1290. The number of hydrogen-bond donors (Lipinski definition) is 2. The first-order valence-corrected chi connectivity index (χ1v) is 16.5. The Morgan fingerprint density at radius 2 is 2.02 bits per heavy atom. The predicted octanol–water partition coefficient (Wildman–Crippen LogP) is 1.81. The number of pyridine rings is 1. The van der Waals surface area contributed by atoms with Crippen LogP contribution in [0.1, 0.15) is 36.3 Å². The fourth-order valence-corrected chi connectivity index (χ4v) is 7.06. The van der Waals surface area contributed by atoms with Gasteiger partial charge in [-0.15, -0.1) is 0 Å². The number of halogens is 3. The topological polar surface area (TPSA) is 116 Å². The summed E-state index contributed by atoms with van der Waals surface area (Å²) in [5.74, 6) is 2.11. The van der Waals surface area contributed by atoms with Crippen LogP contribution in [0.25, 0.3) is 0 Å². The van der Waals surface area contributed by atoms with Gasteiger partial charge in [0.15, 0.2) is 20.5 Å². The van der Waals surface area contributed by atoms with Crippen LogP contribution in [-0.2, 0) is 15.7 Å². The zero-order valence-corrected chi connectivity index (χ0v) is 24.4. The van der Waals surface area contributed by atoms with Crippen LogP contribution < -0.4 is 20.2 Å². The van der Waals surface area contributed by atoms with E-state index in [2.05, 4.69) is 33.0 Å². The first-order valence-electron chi connectivity index (χ1n) is 13.9. The van der Waals surface area contributed by atoms with Crippen LogP contribution in [-0.4, -0.2) is 105 Å². The summed E-state index contributed by atoms with van der Waals surface area (Å²) in [6.07, 6.45) is 0.715. The SMILES string of the molecule is CN1CCC(c2cnc3c(c2)OCC2CN(C(=O)CCOC[Si@H](C)Nc4cn[nH]c(=O)c4C(F)(F)F)CCN32)CC1. The van der Waals surface area contributed by atoms with Gasteiger partial charge < -0.3 is 29.2 Å². The van der Waals surface area contributed by atoms with Crippen LogP contribution in [0.15, 0.2) is 23.3 Å². The molecule has 1 unspecified atom stereocenters. The molecule has 0 radical (unpaired) electrons. The number of alkyl halides is 3. The number of nitrogens with one attached hydrogen (secondary N) is 2. The average Bonchev–Trinajstić information content (AvgIpc) is 2.94. The molecule has 224 valence electrons. The van der Waals surface area contributed by atoms with Crippen LogP contribution in [0.2, 0.25) is 6.55 Å². The number of hydrogen-bond acceptors (Lipinski definition) is 9. The lowest BCUT2D eigenvalue weighted by molar-refractivity contribution is -0.138. The van der Waals surface area contributed by atoms with Gasteiger partial charge in [0.05, 0.1) is 37.2 Å². The van der Waals surface area contributed by atoms with Crippen molar-refractivity contribution in [2.75, 3.05) is 69.1 Å². The summed E-state index contributed by atoms with van der Waals surface area (Å²) in [5, 5.41) is 5.28. The van der Waals surface area contributed by atoms with Gasteiger partial charge in [-0.2, -0.15) is 18.3 Å². The number of piperazine rings is 1. The van der Waals surface area contributed by atoms with Gasteiger partial charge in [-0.1, -0.05) is 6.55 Å². The fraction of sp³-hybridized carbons (Fsp3) is 0.615. The highest BCUT2D eigenvalue weighted by Gasteiger charge is 2.38. The van der Waals surface area contributed by atoms with E-state index in [-0.39, 0.29) is 36.9 Å². The lowest BCUT2D eigenvalue weighted by atomic mass is 9.90. The van der Waals surface area contributed by atoms with Gasteiger partial charge >= 0.3 is 6.18 Å². The number of aromatic amines is 1. The van der Waals surface area contributed by atoms with E-state index in [1.54, 1.807) is 6.55 Å². The second-order valence-corrected chi connectivity index (χ2v) is 13.4. The molecule has 2 fully saturated rings. The smallest absolute Gasteiger partial charge is 0.423 e. The lowest BCUT2D eigenvalue weighted by Crippen LogP contribution is -2.58. The summed E-state index contributed by atoms with van der Waals surface area (Å²) >= 11 is 0. The van der Waals surface area contributed by atoms with E-state index in [0.717, 1.165) is 43.7 Å². The monoisotopic (exact) mass is 595 g/mol. The molecular formula is C26H36F3N7O4Si. The van der Waals surface area contributed by atoms with Crippen LogP contribution >= 0.6 is 0 Å². The second-order valence-electron chi connectivity index (χ2n) is 11.0. The fourth-order valence-electron chi connectivity index (χ4n) is 5.70. The number of amides is 1. The maximum absolute atomic E-state index is 13.2. The van der Waals surface area contributed by atoms with Crippen molar-refractivity contribution in [1.82, 2.24) is 25.0 Å². The highest BCUT2D eigenvalue weighted by molar-refractivity contribution is 6.61. The Balaban J connectivity index is 1.07. The molecule has 11 nitrogen and oxygen atoms in total. The van der Waals surface area contributed by atoms with Crippen molar-refractivity contribution in [1.29, 1.82) is 0 Å². The molecule has 0 aliphatic carbocycles. The van der Waals surface area contributed by atoms with Crippen LogP contribution in [0.4, 0.5) is 24.7 Å². The number of rotatable bonds is 8. The molecule has 5 heterocycles. The Hall–Kier alpha value is -3.17. The normalized spacial score (nSPS) is 20.7. The highest BCUT2D eigenvalue weighted by atomic mass is 28.3. The molecule has 0 aromatic carbocycles. The molecule has 2 saturated heterocycles. The van der Waals surface area contributed by atoms with E-state index in [1.807, 2.05) is 16.2 Å². The number of carbonyl (C=O) groups is 1. The first kappa shape index (κ1) is 29.3. The summed E-state index contributed by atoms with van der Waals surface area (Å²) in [5.41, 5.74) is -1.73. The van der Waals surface area contributed by atoms with Crippen molar-refractivity contribution in [2.24, 2.45) is 0 Å². The maximum atomic E-state index is 13.2. The van der Waals surface area contributed by atoms with Crippen LogP contribution in [0, 0.1) is 0 Å². The number of fused-ring (bicyclic) bond motifs is 3. The van der Waals surface area contributed by atoms with E-state index < -0.39 is 26.3 Å². The minimum atomic E-state index is -4.80. The largest absolute Gasteiger partial charge is 0.487 e. The van der Waals surface area contributed by atoms with Crippen molar-refractivity contribution >= 4 is 26.4 Å². The minimum absolute atomic E-state index is 0.0184. The summed E-state index contributed by atoms with van der Waals surface area (Å²) in [4.78, 5) is 38.4. The summed E-state index contributed by atoms with van der Waals surface area (Å²) in [6, 6.07) is 2.16. The van der Waals surface area contributed by atoms with E-state index in [0.29, 0.717) is 32.2 Å². The van der Waals surface area contributed by atoms with Gasteiger partial charge in [0, 0.05) is 25.8 Å². The van der Waals surface area contributed by atoms with Gasteiger partial charge in [-0.3, -0.25) is 9.59 Å². The number of nitrogens with zero attached hydrogens (tertiary/aromatic N) is 5. The molecule has 2 aromatic rings. The molecule has 15 heteroatoms. The molecule has 0 bridgehead atoms. The number of carbonyl (C=O) groups excluding carboxylic acids is 1. The second kappa shape index (κ2) is 12.4. The molecule has 2 atom stereocenters. The van der Waals surface area contributed by atoms with Crippen molar-refractivity contribution in [3.63, 3.8) is 0 Å². The number of anilines is 2. The standard InChI is InChI=1S/C26H36F3N7O4Si/c1-34-6-3-17(4-7-34)18-11-21-24(30-12-18)36-9-8-35(14-19(36)15-40-21)22(37)5-10-39-16-41(2)33-20-13-31-32-25(38)23(20)26(27,28)29/h11-13,17,19,41H,3-10,14-16H2,1-2H3,(H2,32,33,38)/t19?,41-/m0/s1. The third-order valence-electron chi connectivity index (χ3n) is 7.95. The third-order valence-corrected chi connectivity index (χ3v) is 9.49. The zero-order chi connectivity index (χ0) is 29.1. The molecule has 3 aliphatic rings. The Labute approximate surface area is 237 Å². The Morgan fingerprint density at radius 1 is 1.24 bits per heavy atom. The zero-order valence-electron chi connectivity index (χ0n) is 23.2. The van der Waals surface area contributed by atoms with Gasteiger partial charge in [0.1, 0.15) is 12.2 Å². The van der Waals surface area contributed by atoms with Gasteiger partial charge in [-0.05, 0) is 50.5 Å². The van der Waals surface area contributed by atoms with Crippen molar-refractivity contribution in [3.05, 3.63) is 39.9 Å². The summed E-state index contributed by atoms with van der Waals surface area (Å²) in [7, 11) is 0.112. The molecule has 41 heavy (non-hydrogen) atoms. The summed E-state index contributed by atoms with van der Waals surface area (Å²) in [6.45, 7) is 6.32. The average molecular weight is 596 g/mol. The van der Waals surface area contributed by atoms with Crippen molar-refractivity contribution in [3.8, 4) is 5.75 Å². The third kappa shape index (κ3) is 6.84. The van der Waals surface area contributed by atoms with Crippen molar-refractivity contribution in [2.45, 2.75) is 43.9 Å².